The van der Waals surface area contributed by atoms with Crippen molar-refractivity contribution in [2.75, 3.05) is 7.11 Å². The average molecular weight is 260 g/mol. The number of hydrogen-bond acceptors (Lipinski definition) is 3. The van der Waals surface area contributed by atoms with Gasteiger partial charge in [-0.3, -0.25) is 0 Å². The number of nitrogens with one attached hydrogen (secondary N) is 1. The maximum absolute atomic E-state index is 8.59. The number of benzene rings is 1. The summed E-state index contributed by atoms with van der Waals surface area (Å²) in [6.45, 7) is 2.49. The van der Waals surface area contributed by atoms with Crippen LogP contribution in [0.4, 0.5) is 0 Å². The van der Waals surface area contributed by atoms with Gasteiger partial charge < -0.3 is 9.94 Å². The maximum Gasteiger partial charge on any atom is 0.123 e. The molecular formula is C10H14BrNO2. The third-order valence-electron chi connectivity index (χ3n) is 2.07. The Morgan fingerprint density at radius 1 is 1.50 bits per heavy atom. The van der Waals surface area contributed by atoms with Crippen LogP contribution in [0.25, 0.3) is 0 Å². The Balaban J connectivity index is 3.10. The molecular weight excluding hydrogens is 246 g/mol. The molecule has 0 saturated carbocycles. The molecule has 3 nitrogen and oxygen atoms in total. The molecule has 0 atom stereocenters. The van der Waals surface area contributed by atoms with Gasteiger partial charge in [-0.2, -0.15) is 0 Å². The third-order valence-corrected chi connectivity index (χ3v) is 2.78. The summed E-state index contributed by atoms with van der Waals surface area (Å²) >= 11 is 3.48. The standard InChI is InChI=1S/C10H14BrNO2/c1-3-8-9(11)4-7(6-12-13)5-10(8)14-2/h4-5,12-13H,3,6H2,1-2H3. The van der Waals surface area contributed by atoms with Crippen molar-refractivity contribution in [1.82, 2.24) is 5.48 Å². The van der Waals surface area contributed by atoms with Gasteiger partial charge in [-0.05, 0) is 24.1 Å². The van der Waals surface area contributed by atoms with Crippen LogP contribution in [0.2, 0.25) is 0 Å². The van der Waals surface area contributed by atoms with E-state index in [1.54, 1.807) is 7.11 Å². The van der Waals surface area contributed by atoms with E-state index >= 15 is 0 Å². The second-order valence-electron chi connectivity index (χ2n) is 2.95. The first-order valence-corrected chi connectivity index (χ1v) is 5.24. The van der Waals surface area contributed by atoms with Crippen molar-refractivity contribution in [2.45, 2.75) is 19.9 Å². The lowest BCUT2D eigenvalue weighted by Crippen LogP contribution is -2.06. The van der Waals surface area contributed by atoms with Gasteiger partial charge >= 0.3 is 0 Å². The van der Waals surface area contributed by atoms with E-state index in [4.69, 9.17) is 9.94 Å². The van der Waals surface area contributed by atoms with E-state index in [1.165, 1.54) is 0 Å². The molecule has 0 saturated heterocycles. The SMILES string of the molecule is CCc1c(Br)cc(CNO)cc1OC. The van der Waals surface area contributed by atoms with Gasteiger partial charge in [-0.1, -0.05) is 22.9 Å². The van der Waals surface area contributed by atoms with Gasteiger partial charge in [0.1, 0.15) is 5.75 Å². The van der Waals surface area contributed by atoms with E-state index in [9.17, 15) is 0 Å². The molecule has 0 fully saturated rings. The summed E-state index contributed by atoms with van der Waals surface area (Å²) < 4.78 is 6.28. The summed E-state index contributed by atoms with van der Waals surface area (Å²) in [7, 11) is 1.65. The van der Waals surface area contributed by atoms with Gasteiger partial charge in [0.15, 0.2) is 0 Å². The highest BCUT2D eigenvalue weighted by Gasteiger charge is 2.07. The number of methoxy groups -OCH3 is 1. The third kappa shape index (κ3) is 2.47. The van der Waals surface area contributed by atoms with Crippen LogP contribution in [-0.4, -0.2) is 12.3 Å². The molecule has 0 aliphatic heterocycles. The zero-order valence-corrected chi connectivity index (χ0v) is 9.89. The fraction of sp³-hybridized carbons (Fsp3) is 0.400. The Kier molecular flexibility index (Phi) is 4.38. The summed E-state index contributed by atoms with van der Waals surface area (Å²) in [6.07, 6.45) is 0.913. The minimum Gasteiger partial charge on any atom is -0.496 e. The minimum absolute atomic E-state index is 0.416. The molecule has 0 heterocycles. The quantitative estimate of drug-likeness (QED) is 0.817. The highest BCUT2D eigenvalue weighted by Crippen LogP contribution is 2.29. The maximum atomic E-state index is 8.59. The second kappa shape index (κ2) is 5.34. The lowest BCUT2D eigenvalue weighted by Gasteiger charge is -2.11. The summed E-state index contributed by atoms with van der Waals surface area (Å²) in [5.74, 6) is 0.854. The number of halogens is 1. The summed E-state index contributed by atoms with van der Waals surface area (Å²) in [6, 6.07) is 3.90. The molecule has 0 radical (unpaired) electrons. The molecule has 0 bridgehead atoms. The Labute approximate surface area is 92.2 Å². The molecule has 2 N–H and O–H groups in total. The first-order valence-electron chi connectivity index (χ1n) is 4.45. The van der Waals surface area contributed by atoms with Crippen LogP contribution in [0, 0.1) is 0 Å². The van der Waals surface area contributed by atoms with Crippen molar-refractivity contribution in [1.29, 1.82) is 0 Å². The van der Waals surface area contributed by atoms with Crippen LogP contribution < -0.4 is 10.2 Å². The van der Waals surface area contributed by atoms with Gasteiger partial charge in [0.05, 0.1) is 7.11 Å². The highest BCUT2D eigenvalue weighted by molar-refractivity contribution is 9.10. The molecule has 0 aliphatic rings. The van der Waals surface area contributed by atoms with E-state index in [0.717, 1.165) is 27.8 Å². The Morgan fingerprint density at radius 2 is 2.21 bits per heavy atom. The average Bonchev–Trinajstić information content (AvgIpc) is 2.17. The molecule has 0 aromatic heterocycles. The first kappa shape index (κ1) is 11.5. The van der Waals surface area contributed by atoms with Crippen molar-refractivity contribution in [3.8, 4) is 5.75 Å². The van der Waals surface area contributed by atoms with Crippen molar-refractivity contribution in [3.05, 3.63) is 27.7 Å². The normalized spacial score (nSPS) is 10.3. The van der Waals surface area contributed by atoms with Crippen molar-refractivity contribution in [2.24, 2.45) is 0 Å². The van der Waals surface area contributed by atoms with E-state index in [0.29, 0.717) is 6.54 Å². The summed E-state index contributed by atoms with van der Waals surface area (Å²) in [5, 5.41) is 8.59. The van der Waals surface area contributed by atoms with Crippen LogP contribution >= 0.6 is 15.9 Å². The zero-order valence-electron chi connectivity index (χ0n) is 8.30. The van der Waals surface area contributed by atoms with Crippen LogP contribution in [0.1, 0.15) is 18.1 Å². The molecule has 0 unspecified atom stereocenters. The Morgan fingerprint density at radius 3 is 2.71 bits per heavy atom. The molecule has 1 aromatic rings. The molecule has 0 aliphatic carbocycles. The number of hydroxylamine groups is 1. The van der Waals surface area contributed by atoms with Crippen LogP contribution in [0.15, 0.2) is 16.6 Å². The molecule has 14 heavy (non-hydrogen) atoms. The van der Waals surface area contributed by atoms with Crippen LogP contribution in [-0.2, 0) is 13.0 Å². The lowest BCUT2D eigenvalue weighted by molar-refractivity contribution is 0.161. The Bertz CT molecular complexity index is 315. The number of ether oxygens (including phenoxy) is 1. The van der Waals surface area contributed by atoms with Gasteiger partial charge in [0, 0.05) is 16.6 Å². The minimum atomic E-state index is 0.416. The first-order chi connectivity index (χ1) is 6.72. The Hall–Kier alpha value is -0.580. The predicted octanol–water partition coefficient (Wildman–Crippen LogP) is 2.50. The van der Waals surface area contributed by atoms with E-state index in [-0.39, 0.29) is 0 Å². The fourth-order valence-corrected chi connectivity index (χ4v) is 2.15. The second-order valence-corrected chi connectivity index (χ2v) is 3.80. The van der Waals surface area contributed by atoms with E-state index in [2.05, 4.69) is 28.3 Å². The van der Waals surface area contributed by atoms with Crippen molar-refractivity contribution in [3.63, 3.8) is 0 Å². The zero-order chi connectivity index (χ0) is 10.6. The summed E-state index contributed by atoms with van der Waals surface area (Å²) in [5.41, 5.74) is 4.25. The van der Waals surface area contributed by atoms with Crippen LogP contribution in [0.3, 0.4) is 0 Å². The largest absolute Gasteiger partial charge is 0.496 e. The lowest BCUT2D eigenvalue weighted by atomic mass is 10.1. The van der Waals surface area contributed by atoms with Gasteiger partial charge in [-0.15, -0.1) is 0 Å². The topological polar surface area (TPSA) is 41.5 Å². The fourth-order valence-electron chi connectivity index (χ4n) is 1.38. The molecule has 1 aromatic carbocycles. The number of rotatable bonds is 4. The molecule has 1 rings (SSSR count). The van der Waals surface area contributed by atoms with E-state index in [1.807, 2.05) is 12.1 Å². The van der Waals surface area contributed by atoms with Gasteiger partial charge in [-0.25, -0.2) is 5.48 Å². The molecule has 78 valence electrons. The smallest absolute Gasteiger partial charge is 0.123 e. The van der Waals surface area contributed by atoms with Crippen LogP contribution in [0.5, 0.6) is 5.75 Å². The molecule has 0 amide bonds. The van der Waals surface area contributed by atoms with Gasteiger partial charge in [0.2, 0.25) is 0 Å². The monoisotopic (exact) mass is 259 g/mol. The predicted molar refractivity (Wildman–Crippen MR) is 58.7 cm³/mol. The highest BCUT2D eigenvalue weighted by atomic mass is 79.9. The molecule has 0 spiro atoms. The van der Waals surface area contributed by atoms with Gasteiger partial charge in [0.25, 0.3) is 0 Å². The summed E-state index contributed by atoms with van der Waals surface area (Å²) in [4.78, 5) is 0. The van der Waals surface area contributed by atoms with Crippen molar-refractivity contribution < 1.29 is 9.94 Å². The van der Waals surface area contributed by atoms with E-state index < -0.39 is 0 Å². The van der Waals surface area contributed by atoms with Crippen molar-refractivity contribution >= 4 is 15.9 Å². The molecule has 4 heteroatoms. The number of hydrogen-bond donors (Lipinski definition) is 2.